The number of thiophene rings is 1. The van der Waals surface area contributed by atoms with Crippen LogP contribution in [-0.2, 0) is 0 Å². The number of fused-ring (bicyclic) bond motifs is 2. The first-order valence-electron chi connectivity index (χ1n) is 15.7. The fourth-order valence-corrected chi connectivity index (χ4v) is 8.72. The Hall–Kier alpha value is -4.46. The number of alkyl halides is 3. The van der Waals surface area contributed by atoms with Crippen molar-refractivity contribution >= 4 is 60.8 Å². The molecule has 0 spiro atoms. The summed E-state index contributed by atoms with van der Waals surface area (Å²) >= 11 is 7.57. The molecule has 3 atom stereocenters. The van der Waals surface area contributed by atoms with Gasteiger partial charge in [-0.25, -0.2) is 26.7 Å². The number of nitriles is 1. The van der Waals surface area contributed by atoms with E-state index in [4.69, 9.17) is 21.1 Å². The Kier molecular flexibility index (Phi) is 8.85. The molecule has 7 rings (SSSR count). The lowest BCUT2D eigenvalue weighted by Gasteiger charge is -2.31. The van der Waals surface area contributed by atoms with Gasteiger partial charge in [0.1, 0.15) is 47.6 Å². The molecular formula is C33H28ClF5N6O4S. The standard InChI is InChI=1S/C33H28ClF5N6O4S/c1-2-16-13-48-27-23-26(25(39)22(24(27)34)17-4-5-19(36)28-21(17)18(11-40)30(50-28)43-32(46)47)41-31(42-29(23)45(16)9-6-20(37)38)49-14-33-7-3-8-44(33)12-15(35)10-33/h2,4-5,15-16,20,43H,1,3,6-10,12-14H2,(H,46,47)/t15-,16+,33+/m1/s1. The minimum atomic E-state index is -2.68. The Morgan fingerprint density at radius 2 is 2.14 bits per heavy atom. The van der Waals surface area contributed by atoms with Crippen molar-refractivity contribution in [2.75, 3.05) is 43.1 Å². The number of aromatic nitrogens is 2. The molecule has 0 bridgehead atoms. The number of nitrogens with zero attached hydrogens (tertiary/aromatic N) is 5. The smallest absolute Gasteiger partial charge is 0.409 e. The molecule has 2 saturated heterocycles. The van der Waals surface area contributed by atoms with Gasteiger partial charge in [0.15, 0.2) is 11.6 Å². The first kappa shape index (κ1) is 34.0. The third-order valence-electron chi connectivity index (χ3n) is 9.50. The zero-order valence-electron chi connectivity index (χ0n) is 26.1. The number of carboxylic acid groups (broad SMARTS) is 1. The molecule has 0 aliphatic carbocycles. The Morgan fingerprint density at radius 1 is 1.34 bits per heavy atom. The molecular weight excluding hydrogens is 707 g/mol. The summed E-state index contributed by atoms with van der Waals surface area (Å²) in [5.74, 6) is -1.94. The van der Waals surface area contributed by atoms with Gasteiger partial charge in [-0.1, -0.05) is 23.7 Å². The highest BCUT2D eigenvalue weighted by Crippen LogP contribution is 2.51. The maximum atomic E-state index is 17.2. The summed E-state index contributed by atoms with van der Waals surface area (Å²) in [6.07, 6.45) is -2.58. The number of amides is 1. The average Bonchev–Trinajstić information content (AvgIpc) is 3.69. The largest absolute Gasteiger partial charge is 0.489 e. The topological polar surface area (TPSA) is 124 Å². The number of nitrogens with one attached hydrogen (secondary N) is 1. The van der Waals surface area contributed by atoms with E-state index in [1.54, 1.807) is 0 Å². The summed E-state index contributed by atoms with van der Waals surface area (Å²) in [4.78, 5) is 24.0. The van der Waals surface area contributed by atoms with E-state index in [1.165, 1.54) is 17.0 Å². The lowest BCUT2D eigenvalue weighted by atomic mass is 9.95. The SMILES string of the molecule is C=C[C@H]1COc2c(Cl)c(-c3ccc(F)c4sc(NC(=O)O)c(C#N)c34)c(F)c3nc(OC[C@@]45CCCN4C[C@H](F)C5)nc(c23)N1CCC(F)F. The molecule has 2 N–H and O–H groups in total. The fraction of sp³-hybridized carbons (Fsp3) is 0.394. The number of benzene rings is 2. The zero-order valence-corrected chi connectivity index (χ0v) is 27.7. The molecule has 0 radical (unpaired) electrons. The van der Waals surface area contributed by atoms with E-state index in [0.717, 1.165) is 12.5 Å². The molecule has 2 aromatic heterocycles. The van der Waals surface area contributed by atoms with E-state index in [9.17, 15) is 28.3 Å². The van der Waals surface area contributed by atoms with E-state index in [0.29, 0.717) is 24.3 Å². The lowest BCUT2D eigenvalue weighted by Crippen LogP contribution is -2.43. The van der Waals surface area contributed by atoms with Crippen LogP contribution in [0.15, 0.2) is 24.8 Å². The minimum absolute atomic E-state index is 0.00332. The van der Waals surface area contributed by atoms with Gasteiger partial charge in [-0.2, -0.15) is 15.2 Å². The van der Waals surface area contributed by atoms with Gasteiger partial charge in [-0.3, -0.25) is 10.2 Å². The molecule has 262 valence electrons. The van der Waals surface area contributed by atoms with E-state index >= 15 is 8.78 Å². The van der Waals surface area contributed by atoms with Gasteiger partial charge >= 0.3 is 12.1 Å². The van der Waals surface area contributed by atoms with Gasteiger partial charge in [0, 0.05) is 36.9 Å². The van der Waals surface area contributed by atoms with Crippen molar-refractivity contribution in [3.63, 3.8) is 0 Å². The highest BCUT2D eigenvalue weighted by Gasteiger charge is 2.49. The first-order chi connectivity index (χ1) is 24.0. The van der Waals surface area contributed by atoms with E-state index in [1.807, 2.05) is 11.0 Å². The molecule has 0 unspecified atom stereocenters. The number of carbonyl (C=O) groups is 1. The fourth-order valence-electron chi connectivity index (χ4n) is 7.32. The Bertz CT molecular complexity index is 2100. The number of halogens is 6. The van der Waals surface area contributed by atoms with Crippen LogP contribution in [0.4, 0.5) is 37.6 Å². The highest BCUT2D eigenvalue weighted by atomic mass is 35.5. The molecule has 17 heteroatoms. The molecule has 10 nitrogen and oxygen atoms in total. The van der Waals surface area contributed by atoms with Gasteiger partial charge < -0.3 is 19.5 Å². The molecule has 0 saturated carbocycles. The van der Waals surface area contributed by atoms with Crippen molar-refractivity contribution in [3.8, 4) is 29.0 Å². The Balaban J connectivity index is 1.46. The lowest BCUT2D eigenvalue weighted by molar-refractivity contribution is 0.107. The summed E-state index contributed by atoms with van der Waals surface area (Å²) in [7, 11) is 0. The predicted molar refractivity (Wildman–Crippen MR) is 178 cm³/mol. The average molecular weight is 735 g/mol. The minimum Gasteiger partial charge on any atom is -0.489 e. The second-order valence-electron chi connectivity index (χ2n) is 12.4. The molecule has 1 amide bonds. The molecule has 4 aromatic rings. The summed E-state index contributed by atoms with van der Waals surface area (Å²) in [5, 5.41) is 20.8. The third kappa shape index (κ3) is 5.61. The van der Waals surface area contributed by atoms with Crippen LogP contribution in [0.2, 0.25) is 5.02 Å². The number of ether oxygens (including phenoxy) is 2. The second-order valence-corrected chi connectivity index (χ2v) is 13.8. The molecule has 3 aliphatic heterocycles. The third-order valence-corrected chi connectivity index (χ3v) is 11.0. The summed E-state index contributed by atoms with van der Waals surface area (Å²) < 4.78 is 86.0. The maximum absolute atomic E-state index is 17.2. The number of hydrogen-bond donors (Lipinski definition) is 2. The Labute approximate surface area is 290 Å². The van der Waals surface area contributed by atoms with Crippen molar-refractivity contribution in [2.45, 2.75) is 49.9 Å². The van der Waals surface area contributed by atoms with E-state index in [-0.39, 0.29) is 98.0 Å². The highest BCUT2D eigenvalue weighted by molar-refractivity contribution is 7.23. The summed E-state index contributed by atoms with van der Waals surface area (Å²) in [5.41, 5.74) is -1.63. The number of rotatable bonds is 9. The quantitative estimate of drug-likeness (QED) is 0.131. The van der Waals surface area contributed by atoms with E-state index < -0.39 is 48.3 Å². The van der Waals surface area contributed by atoms with Gasteiger partial charge in [0.05, 0.1) is 32.3 Å². The van der Waals surface area contributed by atoms with Crippen LogP contribution in [0.1, 0.15) is 31.2 Å². The van der Waals surface area contributed by atoms with Crippen molar-refractivity contribution < 1.29 is 41.3 Å². The van der Waals surface area contributed by atoms with Gasteiger partial charge in [0.2, 0.25) is 6.43 Å². The molecule has 3 aliphatic rings. The van der Waals surface area contributed by atoms with Crippen LogP contribution in [-0.4, -0.2) is 83.1 Å². The van der Waals surface area contributed by atoms with Crippen LogP contribution in [0.25, 0.3) is 32.1 Å². The normalized spacial score (nSPS) is 21.7. The van der Waals surface area contributed by atoms with Gasteiger partial charge in [-0.15, -0.1) is 17.9 Å². The molecule has 2 fully saturated rings. The van der Waals surface area contributed by atoms with Crippen LogP contribution in [0.3, 0.4) is 0 Å². The molecule has 5 heterocycles. The van der Waals surface area contributed by atoms with Crippen LogP contribution in [0, 0.1) is 23.0 Å². The zero-order chi connectivity index (χ0) is 35.5. The van der Waals surface area contributed by atoms with Crippen molar-refractivity contribution in [1.29, 1.82) is 5.26 Å². The molecule has 50 heavy (non-hydrogen) atoms. The monoisotopic (exact) mass is 734 g/mol. The first-order valence-corrected chi connectivity index (χ1v) is 16.9. The maximum Gasteiger partial charge on any atom is 0.409 e. The predicted octanol–water partition coefficient (Wildman–Crippen LogP) is 7.77. The van der Waals surface area contributed by atoms with Crippen LogP contribution >= 0.6 is 22.9 Å². The Morgan fingerprint density at radius 3 is 2.86 bits per heavy atom. The van der Waals surface area contributed by atoms with Crippen molar-refractivity contribution in [3.05, 3.63) is 47.0 Å². The van der Waals surface area contributed by atoms with Gasteiger partial charge in [-0.05, 0) is 31.0 Å². The summed E-state index contributed by atoms with van der Waals surface area (Å²) in [6.45, 7) is 4.37. The second kappa shape index (κ2) is 13.0. The van der Waals surface area contributed by atoms with Crippen LogP contribution in [0.5, 0.6) is 11.8 Å². The van der Waals surface area contributed by atoms with Crippen LogP contribution < -0.4 is 19.7 Å². The van der Waals surface area contributed by atoms with Gasteiger partial charge in [0.25, 0.3) is 0 Å². The van der Waals surface area contributed by atoms with E-state index in [2.05, 4.69) is 21.9 Å². The number of hydrogen-bond acceptors (Lipinski definition) is 9. The van der Waals surface area contributed by atoms with Crippen molar-refractivity contribution in [2.24, 2.45) is 0 Å². The van der Waals surface area contributed by atoms with Crippen molar-refractivity contribution in [1.82, 2.24) is 14.9 Å². The molecule has 2 aromatic carbocycles. The summed E-state index contributed by atoms with van der Waals surface area (Å²) in [6, 6.07) is 3.08. The number of anilines is 2.